The molecular formula is C4H6BBrO2S. The number of hydrogen-bond acceptors (Lipinski definition) is 3. The number of thioether (sulfide) groups is 1. The molecular weight excluding hydrogens is 203 g/mol. The summed E-state index contributed by atoms with van der Waals surface area (Å²) < 4.78 is -0.576. The zero-order valence-electron chi connectivity index (χ0n) is 4.62. The second-order valence-electron chi connectivity index (χ2n) is 1.85. The van der Waals surface area contributed by atoms with E-state index < -0.39 is 10.7 Å². The predicted molar refractivity (Wildman–Crippen MR) is 43.2 cm³/mol. The molecule has 1 aliphatic heterocycles. The zero-order chi connectivity index (χ0) is 6.91. The highest BCUT2D eigenvalue weighted by Crippen LogP contribution is 2.42. The molecule has 0 aromatic carbocycles. The number of allylic oxidation sites excluding steroid dienone is 1. The van der Waals surface area contributed by atoms with Crippen molar-refractivity contribution >= 4 is 34.8 Å². The van der Waals surface area contributed by atoms with Gasteiger partial charge in [0.15, 0.2) is 0 Å². The smallest absolute Gasteiger partial charge is 0.426 e. The third kappa shape index (κ3) is 1.52. The highest BCUT2D eigenvalue weighted by atomic mass is 79.9. The van der Waals surface area contributed by atoms with E-state index in [0.717, 1.165) is 0 Å². The Balaban J connectivity index is 2.55. The van der Waals surface area contributed by atoms with Crippen molar-refractivity contribution in [1.82, 2.24) is 0 Å². The fourth-order valence-corrected chi connectivity index (χ4v) is 1.83. The monoisotopic (exact) mass is 208 g/mol. The van der Waals surface area contributed by atoms with Crippen LogP contribution in [0, 0.1) is 0 Å². The van der Waals surface area contributed by atoms with Crippen molar-refractivity contribution in [3.05, 3.63) is 11.5 Å². The molecule has 1 rings (SSSR count). The predicted octanol–water partition coefficient (Wildman–Crippen LogP) is 0.740. The van der Waals surface area contributed by atoms with Crippen molar-refractivity contribution in [1.29, 1.82) is 0 Å². The summed E-state index contributed by atoms with van der Waals surface area (Å²) in [4.78, 5) is 0. The van der Waals surface area contributed by atoms with Gasteiger partial charge in [0.2, 0.25) is 0 Å². The maximum atomic E-state index is 8.76. The molecule has 0 spiro atoms. The van der Waals surface area contributed by atoms with Gasteiger partial charge in [0.05, 0.1) is 0 Å². The van der Waals surface area contributed by atoms with Crippen molar-refractivity contribution in [2.75, 3.05) is 0 Å². The number of rotatable bonds is 1. The molecule has 0 fully saturated rings. The summed E-state index contributed by atoms with van der Waals surface area (Å²) >= 11 is 4.60. The number of halogens is 1. The van der Waals surface area contributed by atoms with Crippen LogP contribution in [0.3, 0.4) is 0 Å². The van der Waals surface area contributed by atoms with Crippen LogP contribution in [-0.4, -0.2) is 20.7 Å². The first-order valence-corrected chi connectivity index (χ1v) is 4.20. The molecule has 0 bridgehead atoms. The first kappa shape index (κ1) is 7.66. The molecule has 0 saturated carbocycles. The van der Waals surface area contributed by atoms with Crippen LogP contribution < -0.4 is 0 Å². The van der Waals surface area contributed by atoms with Gasteiger partial charge >= 0.3 is 7.12 Å². The first-order chi connectivity index (χ1) is 4.15. The van der Waals surface area contributed by atoms with E-state index in [-0.39, 0.29) is 0 Å². The minimum atomic E-state index is -1.29. The van der Waals surface area contributed by atoms with E-state index in [9.17, 15) is 0 Å². The van der Waals surface area contributed by atoms with Crippen LogP contribution >= 0.6 is 27.7 Å². The van der Waals surface area contributed by atoms with Crippen LogP contribution in [0.5, 0.6) is 0 Å². The summed E-state index contributed by atoms with van der Waals surface area (Å²) in [5, 5.41) is 19.4. The largest absolute Gasteiger partial charge is 0.480 e. The molecule has 2 nitrogen and oxygen atoms in total. The van der Waals surface area contributed by atoms with Crippen LogP contribution in [0.25, 0.3) is 0 Å². The lowest BCUT2D eigenvalue weighted by atomic mass is 9.83. The molecule has 0 aromatic heterocycles. The molecule has 0 radical (unpaired) electrons. The Labute approximate surface area is 66.6 Å². The van der Waals surface area contributed by atoms with Gasteiger partial charge in [0.1, 0.15) is 3.56 Å². The topological polar surface area (TPSA) is 40.5 Å². The second kappa shape index (κ2) is 2.66. The Morgan fingerprint density at radius 3 is 2.56 bits per heavy atom. The molecule has 0 amide bonds. The van der Waals surface area contributed by atoms with Gasteiger partial charge in [-0.25, -0.2) is 0 Å². The van der Waals surface area contributed by atoms with Crippen LogP contribution in [0.2, 0.25) is 0 Å². The highest BCUT2D eigenvalue weighted by Gasteiger charge is 2.40. The van der Waals surface area contributed by atoms with Gasteiger partial charge in [0, 0.05) is 0 Å². The maximum absolute atomic E-state index is 8.76. The molecule has 1 aliphatic rings. The molecule has 50 valence electrons. The third-order valence-electron chi connectivity index (χ3n) is 1.14. The van der Waals surface area contributed by atoms with Gasteiger partial charge in [-0.1, -0.05) is 22.0 Å². The Bertz CT molecular complexity index is 131. The van der Waals surface area contributed by atoms with Gasteiger partial charge in [-0.2, -0.15) is 0 Å². The standard InChI is InChI=1S/C4H6BBrO2S/c6-4(5(7)8)2-1-3-9-4/h1,3,7-8H,2H2. The van der Waals surface area contributed by atoms with Crippen molar-refractivity contribution in [2.45, 2.75) is 9.98 Å². The molecule has 0 aromatic rings. The maximum Gasteiger partial charge on any atom is 0.480 e. The van der Waals surface area contributed by atoms with Crippen molar-refractivity contribution in [3.8, 4) is 0 Å². The van der Waals surface area contributed by atoms with E-state index >= 15 is 0 Å². The molecule has 2 N–H and O–H groups in total. The minimum Gasteiger partial charge on any atom is -0.426 e. The van der Waals surface area contributed by atoms with Crippen LogP contribution in [0.4, 0.5) is 0 Å². The summed E-state index contributed by atoms with van der Waals surface area (Å²) in [7, 11) is -1.29. The summed E-state index contributed by atoms with van der Waals surface area (Å²) in [6, 6.07) is 0. The molecule has 5 heteroatoms. The van der Waals surface area contributed by atoms with Crippen LogP contribution in [-0.2, 0) is 0 Å². The molecule has 1 unspecified atom stereocenters. The molecule has 9 heavy (non-hydrogen) atoms. The molecule has 0 aliphatic carbocycles. The lowest BCUT2D eigenvalue weighted by Gasteiger charge is -2.17. The van der Waals surface area contributed by atoms with Gasteiger partial charge in [-0.15, -0.1) is 11.8 Å². The zero-order valence-corrected chi connectivity index (χ0v) is 7.02. The Kier molecular flexibility index (Phi) is 2.26. The summed E-state index contributed by atoms with van der Waals surface area (Å²) in [5.74, 6) is 0. The average Bonchev–Trinajstić information content (AvgIpc) is 2.16. The minimum absolute atomic E-state index is 0.576. The summed E-state index contributed by atoms with van der Waals surface area (Å²) in [5.41, 5.74) is 0. The molecule has 1 atom stereocenters. The molecule has 0 saturated heterocycles. The average molecular weight is 209 g/mol. The highest BCUT2D eigenvalue weighted by molar-refractivity contribution is 9.12. The Morgan fingerprint density at radius 2 is 2.33 bits per heavy atom. The first-order valence-electron chi connectivity index (χ1n) is 2.53. The third-order valence-corrected chi connectivity index (χ3v) is 3.53. The van der Waals surface area contributed by atoms with E-state index in [1.54, 1.807) is 0 Å². The lowest BCUT2D eigenvalue weighted by Crippen LogP contribution is -2.35. The van der Waals surface area contributed by atoms with Crippen molar-refractivity contribution < 1.29 is 10.0 Å². The van der Waals surface area contributed by atoms with Gasteiger partial charge in [-0.05, 0) is 11.8 Å². The van der Waals surface area contributed by atoms with Crippen molar-refractivity contribution in [3.63, 3.8) is 0 Å². The normalized spacial score (nSPS) is 33.2. The molecule has 1 heterocycles. The number of alkyl halides is 1. The van der Waals surface area contributed by atoms with E-state index in [4.69, 9.17) is 10.0 Å². The van der Waals surface area contributed by atoms with Crippen LogP contribution in [0.15, 0.2) is 11.5 Å². The van der Waals surface area contributed by atoms with Gasteiger partial charge in [0.25, 0.3) is 0 Å². The fraction of sp³-hybridized carbons (Fsp3) is 0.500. The SMILES string of the molecule is OB(O)C1(Br)CC=CS1. The van der Waals surface area contributed by atoms with E-state index in [0.29, 0.717) is 6.42 Å². The Morgan fingerprint density at radius 1 is 1.67 bits per heavy atom. The second-order valence-corrected chi connectivity index (χ2v) is 5.03. The Hall–Kier alpha value is 0.555. The number of hydrogen-bond donors (Lipinski definition) is 2. The lowest BCUT2D eigenvalue weighted by molar-refractivity contribution is 0.399. The summed E-state index contributed by atoms with van der Waals surface area (Å²) in [6.45, 7) is 0. The van der Waals surface area contributed by atoms with E-state index in [2.05, 4.69) is 15.9 Å². The van der Waals surface area contributed by atoms with Crippen molar-refractivity contribution in [2.24, 2.45) is 0 Å². The van der Waals surface area contributed by atoms with E-state index in [1.165, 1.54) is 11.8 Å². The summed E-state index contributed by atoms with van der Waals surface area (Å²) in [6.07, 6.45) is 2.56. The van der Waals surface area contributed by atoms with Gasteiger partial charge in [-0.3, -0.25) is 0 Å². The quantitative estimate of drug-likeness (QED) is 0.494. The fourth-order valence-electron chi connectivity index (χ4n) is 0.584. The van der Waals surface area contributed by atoms with Gasteiger partial charge < -0.3 is 10.0 Å². The van der Waals surface area contributed by atoms with Crippen LogP contribution in [0.1, 0.15) is 6.42 Å². The van der Waals surface area contributed by atoms with E-state index in [1.807, 2.05) is 11.5 Å².